The first-order valence-electron chi connectivity index (χ1n) is 5.10. The third-order valence-corrected chi connectivity index (χ3v) is 2.26. The third-order valence-electron chi connectivity index (χ3n) is 2.26. The summed E-state index contributed by atoms with van der Waals surface area (Å²) in [4.78, 5) is 0. The van der Waals surface area contributed by atoms with Crippen molar-refractivity contribution < 1.29 is 5.11 Å². The molecule has 1 N–H and O–H groups in total. The lowest BCUT2D eigenvalue weighted by Crippen LogP contribution is -1.97. The monoisotopic (exact) mass is 190 g/mol. The summed E-state index contributed by atoms with van der Waals surface area (Å²) in [5, 5.41) is 9.11. The lowest BCUT2D eigenvalue weighted by atomic mass is 10.1. The molecule has 0 aliphatic heterocycles. The van der Waals surface area contributed by atoms with Gasteiger partial charge in [-0.2, -0.15) is 0 Å². The van der Waals surface area contributed by atoms with Gasteiger partial charge < -0.3 is 5.11 Å². The molecule has 1 aromatic rings. The minimum Gasteiger partial charge on any atom is -0.393 e. The zero-order valence-corrected chi connectivity index (χ0v) is 8.90. The van der Waals surface area contributed by atoms with E-state index in [1.54, 1.807) is 0 Å². The highest BCUT2D eigenvalue weighted by molar-refractivity contribution is 5.63. The van der Waals surface area contributed by atoms with Gasteiger partial charge in [0.1, 0.15) is 0 Å². The van der Waals surface area contributed by atoms with Gasteiger partial charge in [-0.3, -0.25) is 0 Å². The van der Waals surface area contributed by atoms with Crippen molar-refractivity contribution in [2.24, 2.45) is 0 Å². The van der Waals surface area contributed by atoms with Crippen LogP contribution in [-0.4, -0.2) is 11.2 Å². The predicted molar refractivity (Wildman–Crippen MR) is 61.0 cm³/mol. The van der Waals surface area contributed by atoms with Gasteiger partial charge in [-0.25, -0.2) is 0 Å². The van der Waals surface area contributed by atoms with E-state index in [0.29, 0.717) is 0 Å². The highest BCUT2D eigenvalue weighted by Crippen LogP contribution is 2.14. The van der Waals surface area contributed by atoms with Crippen molar-refractivity contribution in [1.82, 2.24) is 0 Å². The van der Waals surface area contributed by atoms with Crippen LogP contribution in [-0.2, 0) is 0 Å². The Morgan fingerprint density at radius 1 is 1.36 bits per heavy atom. The van der Waals surface area contributed by atoms with E-state index in [0.717, 1.165) is 12.8 Å². The number of allylic oxidation sites excluding steroid dienone is 2. The molecule has 0 spiro atoms. The van der Waals surface area contributed by atoms with Gasteiger partial charge >= 0.3 is 0 Å². The number of benzene rings is 1. The summed E-state index contributed by atoms with van der Waals surface area (Å²) in [6.07, 6.45) is 3.76. The quantitative estimate of drug-likeness (QED) is 0.772. The Morgan fingerprint density at radius 3 is 2.57 bits per heavy atom. The van der Waals surface area contributed by atoms with E-state index in [1.807, 2.05) is 25.1 Å². The topological polar surface area (TPSA) is 20.2 Å². The molecule has 0 bridgehead atoms. The second-order valence-corrected chi connectivity index (χ2v) is 3.68. The molecular formula is C13H18O. The van der Waals surface area contributed by atoms with Gasteiger partial charge in [-0.05, 0) is 37.8 Å². The lowest BCUT2D eigenvalue weighted by molar-refractivity contribution is 0.186. The lowest BCUT2D eigenvalue weighted by Gasteiger charge is -2.03. The Bertz CT molecular complexity index is 285. The molecule has 0 aliphatic rings. The zero-order chi connectivity index (χ0) is 10.4. The van der Waals surface area contributed by atoms with Gasteiger partial charge in [0.25, 0.3) is 0 Å². The van der Waals surface area contributed by atoms with E-state index < -0.39 is 0 Å². The van der Waals surface area contributed by atoms with Crippen LogP contribution in [0.2, 0.25) is 0 Å². The average molecular weight is 190 g/mol. The van der Waals surface area contributed by atoms with Crippen molar-refractivity contribution in [3.8, 4) is 0 Å². The Hall–Kier alpha value is -1.08. The number of rotatable bonds is 4. The maximum atomic E-state index is 9.11. The van der Waals surface area contributed by atoms with Crippen LogP contribution in [0.1, 0.15) is 32.3 Å². The molecule has 0 saturated heterocycles. The van der Waals surface area contributed by atoms with Crippen LogP contribution < -0.4 is 0 Å². The van der Waals surface area contributed by atoms with Crippen molar-refractivity contribution in [2.75, 3.05) is 0 Å². The molecule has 1 nitrogen and oxygen atoms in total. The van der Waals surface area contributed by atoms with Crippen molar-refractivity contribution >= 4 is 5.57 Å². The van der Waals surface area contributed by atoms with E-state index in [9.17, 15) is 0 Å². The third kappa shape index (κ3) is 3.75. The number of aliphatic hydroxyl groups excluding tert-OH is 1. The molecule has 14 heavy (non-hydrogen) atoms. The highest BCUT2D eigenvalue weighted by atomic mass is 16.3. The fraction of sp³-hybridized carbons (Fsp3) is 0.385. The minimum absolute atomic E-state index is 0.199. The molecule has 0 aliphatic carbocycles. The van der Waals surface area contributed by atoms with Crippen LogP contribution >= 0.6 is 0 Å². The smallest absolute Gasteiger partial charge is 0.0515 e. The van der Waals surface area contributed by atoms with E-state index in [4.69, 9.17) is 5.11 Å². The fourth-order valence-corrected chi connectivity index (χ4v) is 1.36. The molecule has 76 valence electrons. The second-order valence-electron chi connectivity index (χ2n) is 3.68. The first kappa shape index (κ1) is 11.0. The Morgan fingerprint density at radius 2 is 2.00 bits per heavy atom. The Kier molecular flexibility index (Phi) is 4.41. The first-order valence-corrected chi connectivity index (χ1v) is 5.10. The van der Waals surface area contributed by atoms with Crippen LogP contribution in [0.4, 0.5) is 0 Å². The van der Waals surface area contributed by atoms with Crippen molar-refractivity contribution in [3.05, 3.63) is 42.0 Å². The summed E-state index contributed by atoms with van der Waals surface area (Å²) in [6.45, 7) is 3.93. The Balaban J connectivity index is 2.53. The molecule has 0 unspecified atom stereocenters. The highest BCUT2D eigenvalue weighted by Gasteiger charge is 1.95. The van der Waals surface area contributed by atoms with E-state index in [-0.39, 0.29) is 6.10 Å². The van der Waals surface area contributed by atoms with Gasteiger partial charge in [0.05, 0.1) is 6.10 Å². The van der Waals surface area contributed by atoms with Crippen molar-refractivity contribution in [3.63, 3.8) is 0 Å². The van der Waals surface area contributed by atoms with E-state index >= 15 is 0 Å². The molecule has 0 radical (unpaired) electrons. The molecule has 0 amide bonds. The van der Waals surface area contributed by atoms with Crippen molar-refractivity contribution in [2.45, 2.75) is 32.8 Å². The summed E-state index contributed by atoms with van der Waals surface area (Å²) < 4.78 is 0. The van der Waals surface area contributed by atoms with Crippen molar-refractivity contribution in [1.29, 1.82) is 0 Å². The average Bonchev–Trinajstić information content (AvgIpc) is 2.18. The fourth-order valence-electron chi connectivity index (χ4n) is 1.36. The summed E-state index contributed by atoms with van der Waals surface area (Å²) in [5.74, 6) is 0. The normalized spacial score (nSPS) is 14.1. The number of hydrogen-bond acceptors (Lipinski definition) is 1. The molecule has 1 atom stereocenters. The van der Waals surface area contributed by atoms with Crippen LogP contribution in [0.15, 0.2) is 36.4 Å². The maximum Gasteiger partial charge on any atom is 0.0515 e. The Labute approximate surface area is 86.1 Å². The molecule has 1 aromatic carbocycles. The summed E-state index contributed by atoms with van der Waals surface area (Å²) in [5.41, 5.74) is 2.55. The number of aliphatic hydroxyl groups is 1. The van der Waals surface area contributed by atoms with E-state index in [2.05, 4.69) is 25.1 Å². The molecule has 0 fully saturated rings. The molecule has 0 saturated carbocycles. The molecule has 0 heterocycles. The molecular weight excluding hydrogens is 172 g/mol. The summed E-state index contributed by atoms with van der Waals surface area (Å²) in [7, 11) is 0. The van der Waals surface area contributed by atoms with Gasteiger partial charge in [-0.1, -0.05) is 36.4 Å². The molecule has 1 heteroatoms. The van der Waals surface area contributed by atoms with Crippen LogP contribution in [0.25, 0.3) is 5.57 Å². The number of hydrogen-bond donors (Lipinski definition) is 1. The zero-order valence-electron chi connectivity index (χ0n) is 8.90. The predicted octanol–water partition coefficient (Wildman–Crippen LogP) is 3.25. The first-order chi connectivity index (χ1) is 6.70. The van der Waals surface area contributed by atoms with Gasteiger partial charge in [0.15, 0.2) is 0 Å². The summed E-state index contributed by atoms with van der Waals surface area (Å²) in [6, 6.07) is 10.3. The maximum absolute atomic E-state index is 9.11. The summed E-state index contributed by atoms with van der Waals surface area (Å²) >= 11 is 0. The molecule has 1 rings (SSSR count). The van der Waals surface area contributed by atoms with Gasteiger partial charge in [0, 0.05) is 0 Å². The van der Waals surface area contributed by atoms with E-state index in [1.165, 1.54) is 11.1 Å². The minimum atomic E-state index is -0.199. The standard InChI is InChI=1S/C13H18O/c1-11(7-6-8-12(2)14)13-9-4-3-5-10-13/h3-5,7,9-10,12,14H,6,8H2,1-2H3/b11-7+/t12-/m0/s1. The van der Waals surface area contributed by atoms with Crippen LogP contribution in [0.5, 0.6) is 0 Å². The van der Waals surface area contributed by atoms with Gasteiger partial charge in [0.2, 0.25) is 0 Å². The van der Waals surface area contributed by atoms with Crippen LogP contribution in [0, 0.1) is 0 Å². The van der Waals surface area contributed by atoms with Gasteiger partial charge in [-0.15, -0.1) is 0 Å². The second kappa shape index (κ2) is 5.61. The molecule has 0 aromatic heterocycles. The SMILES string of the molecule is C/C(=C\CC[C@H](C)O)c1ccccc1. The van der Waals surface area contributed by atoms with Crippen LogP contribution in [0.3, 0.4) is 0 Å². The largest absolute Gasteiger partial charge is 0.393 e.